The summed E-state index contributed by atoms with van der Waals surface area (Å²) in [7, 11) is -9.62. The highest BCUT2D eigenvalue weighted by molar-refractivity contribution is 7.89. The lowest BCUT2D eigenvalue weighted by Crippen LogP contribution is -2.08. The second-order valence-electron chi connectivity index (χ2n) is 3.82. The van der Waals surface area contributed by atoms with Crippen LogP contribution in [0.1, 0.15) is 0 Å². The number of fused-ring (bicyclic) bond motifs is 1. The number of anilines is 1. The Morgan fingerprint density at radius 2 is 1.42 bits per heavy atom. The first kappa shape index (κ1) is 13.7. The van der Waals surface area contributed by atoms with E-state index < -0.39 is 30.0 Å². The quantitative estimate of drug-likeness (QED) is 0.554. The molecule has 2 aromatic rings. The van der Waals surface area contributed by atoms with Crippen LogP contribution in [0.3, 0.4) is 0 Å². The summed E-state index contributed by atoms with van der Waals surface area (Å²) in [6.45, 7) is 0. The van der Waals surface area contributed by atoms with Crippen molar-refractivity contribution in [2.24, 2.45) is 0 Å². The van der Waals surface area contributed by atoms with Gasteiger partial charge >= 0.3 is 0 Å². The topological polar surface area (TPSA) is 135 Å². The minimum atomic E-state index is -4.82. The van der Waals surface area contributed by atoms with Gasteiger partial charge in [-0.15, -0.1) is 0 Å². The Labute approximate surface area is 109 Å². The second-order valence-corrected chi connectivity index (χ2v) is 6.60. The Hall–Kier alpha value is -1.68. The molecule has 0 aliphatic heterocycles. The molecule has 4 N–H and O–H groups in total. The van der Waals surface area contributed by atoms with Crippen LogP contribution in [0.15, 0.2) is 40.1 Å². The summed E-state index contributed by atoms with van der Waals surface area (Å²) < 4.78 is 62.8. The molecule has 0 fully saturated rings. The van der Waals surface area contributed by atoms with E-state index in [0.717, 1.165) is 12.1 Å². The first-order chi connectivity index (χ1) is 8.60. The van der Waals surface area contributed by atoms with Crippen LogP contribution >= 0.6 is 0 Å². The molecule has 0 radical (unpaired) electrons. The molecule has 2 aromatic carbocycles. The summed E-state index contributed by atoms with van der Waals surface area (Å²) in [5.74, 6) is 0. The third kappa shape index (κ3) is 2.54. The largest absolute Gasteiger partial charge is 0.398 e. The maximum atomic E-state index is 11.2. The second kappa shape index (κ2) is 4.17. The van der Waals surface area contributed by atoms with Crippen LogP contribution < -0.4 is 5.73 Å². The van der Waals surface area contributed by atoms with E-state index >= 15 is 0 Å². The van der Waals surface area contributed by atoms with Gasteiger partial charge in [0.05, 0.1) is 0 Å². The molecule has 0 saturated carbocycles. The standard InChI is InChI=1S/C10H9NO6S2/c11-8-3-1-2-6-4-9(18(12,13)14)10(5-7(6)8)19(15,16)17/h1-5H,11H2,(H,12,13,14)(H,15,16,17). The molecule has 0 unspecified atom stereocenters. The normalized spacial score (nSPS) is 12.7. The molecular weight excluding hydrogens is 294 g/mol. The Kier molecular flexibility index (Phi) is 3.01. The maximum absolute atomic E-state index is 11.2. The van der Waals surface area contributed by atoms with Crippen molar-refractivity contribution in [3.63, 3.8) is 0 Å². The summed E-state index contributed by atoms with van der Waals surface area (Å²) >= 11 is 0. The van der Waals surface area contributed by atoms with Crippen molar-refractivity contribution in [2.45, 2.75) is 9.79 Å². The van der Waals surface area contributed by atoms with E-state index in [2.05, 4.69) is 0 Å². The number of benzene rings is 2. The molecule has 0 amide bonds. The molecule has 7 nitrogen and oxygen atoms in total. The van der Waals surface area contributed by atoms with Crippen molar-refractivity contribution >= 4 is 36.7 Å². The Morgan fingerprint density at radius 3 is 1.95 bits per heavy atom. The van der Waals surface area contributed by atoms with Crippen LogP contribution in [-0.2, 0) is 20.2 Å². The number of hydrogen-bond acceptors (Lipinski definition) is 5. The van der Waals surface area contributed by atoms with Crippen molar-refractivity contribution < 1.29 is 25.9 Å². The van der Waals surface area contributed by atoms with Crippen LogP contribution in [0.2, 0.25) is 0 Å². The molecule has 9 heteroatoms. The molecule has 19 heavy (non-hydrogen) atoms. The van der Waals surface area contributed by atoms with Crippen LogP contribution in [0.5, 0.6) is 0 Å². The van der Waals surface area contributed by atoms with Gasteiger partial charge in [0.1, 0.15) is 9.79 Å². The Balaban J connectivity index is 3.04. The first-order valence-electron chi connectivity index (χ1n) is 4.88. The van der Waals surface area contributed by atoms with Gasteiger partial charge in [-0.25, -0.2) is 0 Å². The Morgan fingerprint density at radius 1 is 0.895 bits per heavy atom. The number of nitrogens with two attached hydrogens (primary N) is 1. The zero-order valence-electron chi connectivity index (χ0n) is 9.31. The molecule has 0 aromatic heterocycles. The van der Waals surface area contributed by atoms with Crippen LogP contribution in [0.4, 0.5) is 5.69 Å². The van der Waals surface area contributed by atoms with Crippen LogP contribution in [0, 0.1) is 0 Å². The Bertz CT molecular complexity index is 870. The first-order valence-corrected chi connectivity index (χ1v) is 7.76. The summed E-state index contributed by atoms with van der Waals surface area (Å²) in [6.07, 6.45) is 0. The third-order valence-electron chi connectivity index (χ3n) is 2.53. The van der Waals surface area contributed by atoms with Crippen molar-refractivity contribution in [3.8, 4) is 0 Å². The molecule has 0 bridgehead atoms. The van der Waals surface area contributed by atoms with Crippen molar-refractivity contribution in [1.82, 2.24) is 0 Å². The fourth-order valence-electron chi connectivity index (χ4n) is 1.71. The average molecular weight is 303 g/mol. The minimum Gasteiger partial charge on any atom is -0.398 e. The highest BCUT2D eigenvalue weighted by Crippen LogP contribution is 2.29. The fraction of sp³-hybridized carbons (Fsp3) is 0. The number of hydrogen-bond donors (Lipinski definition) is 3. The summed E-state index contributed by atoms with van der Waals surface area (Å²) in [5.41, 5.74) is 5.85. The van der Waals surface area contributed by atoms with E-state index in [1.54, 1.807) is 6.07 Å². The maximum Gasteiger partial charge on any atom is 0.295 e. The predicted octanol–water partition coefficient (Wildman–Crippen LogP) is 0.915. The van der Waals surface area contributed by atoms with Gasteiger partial charge in [-0.2, -0.15) is 16.8 Å². The van der Waals surface area contributed by atoms with E-state index in [9.17, 15) is 16.8 Å². The molecule has 0 spiro atoms. The summed E-state index contributed by atoms with van der Waals surface area (Å²) in [4.78, 5) is -1.81. The van der Waals surface area contributed by atoms with Crippen LogP contribution in [0.25, 0.3) is 10.8 Å². The molecule has 0 saturated heterocycles. The van der Waals surface area contributed by atoms with E-state index in [1.165, 1.54) is 12.1 Å². The molecule has 102 valence electrons. The van der Waals surface area contributed by atoms with Crippen molar-refractivity contribution in [2.75, 3.05) is 5.73 Å². The molecular formula is C10H9NO6S2. The summed E-state index contributed by atoms with van der Waals surface area (Å²) in [6, 6.07) is 6.36. The van der Waals surface area contributed by atoms with Gasteiger partial charge in [-0.3, -0.25) is 9.11 Å². The molecule has 0 aliphatic carbocycles. The van der Waals surface area contributed by atoms with Crippen LogP contribution in [-0.4, -0.2) is 25.9 Å². The molecule has 0 heterocycles. The lowest BCUT2D eigenvalue weighted by atomic mass is 10.1. The third-order valence-corrected chi connectivity index (χ3v) is 4.45. The zero-order chi connectivity index (χ0) is 14.4. The van der Waals surface area contributed by atoms with Crippen molar-refractivity contribution in [3.05, 3.63) is 30.3 Å². The zero-order valence-corrected chi connectivity index (χ0v) is 10.9. The minimum absolute atomic E-state index is 0.212. The van der Waals surface area contributed by atoms with Gasteiger partial charge in [0, 0.05) is 11.1 Å². The fourth-order valence-corrected chi connectivity index (χ4v) is 3.51. The molecule has 0 aliphatic rings. The monoisotopic (exact) mass is 303 g/mol. The lowest BCUT2D eigenvalue weighted by molar-refractivity contribution is 0.467. The number of nitrogen functional groups attached to an aromatic ring is 1. The van der Waals surface area contributed by atoms with Crippen molar-refractivity contribution in [1.29, 1.82) is 0 Å². The van der Waals surface area contributed by atoms with E-state index in [1.807, 2.05) is 0 Å². The predicted molar refractivity (Wildman–Crippen MR) is 68.0 cm³/mol. The van der Waals surface area contributed by atoms with Gasteiger partial charge in [-0.05, 0) is 23.6 Å². The highest BCUT2D eigenvalue weighted by Gasteiger charge is 2.24. The van der Waals surface area contributed by atoms with Gasteiger partial charge in [-0.1, -0.05) is 12.1 Å². The van der Waals surface area contributed by atoms with Gasteiger partial charge in [0.15, 0.2) is 0 Å². The van der Waals surface area contributed by atoms with Gasteiger partial charge < -0.3 is 5.73 Å². The highest BCUT2D eigenvalue weighted by atomic mass is 32.2. The van der Waals surface area contributed by atoms with E-state index in [-0.39, 0.29) is 11.1 Å². The lowest BCUT2D eigenvalue weighted by Gasteiger charge is -2.08. The van der Waals surface area contributed by atoms with E-state index in [0.29, 0.717) is 5.39 Å². The molecule has 0 atom stereocenters. The molecule has 2 rings (SSSR count). The van der Waals surface area contributed by atoms with Gasteiger partial charge in [0.25, 0.3) is 20.2 Å². The summed E-state index contributed by atoms with van der Waals surface area (Å²) in [5, 5.41) is 0.572. The number of rotatable bonds is 2. The SMILES string of the molecule is Nc1cccc2cc(S(=O)(=O)O)c(S(=O)(=O)O)cc12. The average Bonchev–Trinajstić information content (AvgIpc) is 2.25. The van der Waals surface area contributed by atoms with E-state index in [4.69, 9.17) is 14.8 Å². The smallest absolute Gasteiger partial charge is 0.295 e. The van der Waals surface area contributed by atoms with Gasteiger partial charge in [0.2, 0.25) is 0 Å².